The van der Waals surface area contributed by atoms with Crippen LogP contribution in [0.5, 0.6) is 0 Å². The van der Waals surface area contributed by atoms with Crippen molar-refractivity contribution in [2.75, 3.05) is 19.0 Å². The molecule has 0 saturated carbocycles. The smallest absolute Gasteiger partial charge is 0.262 e. The molecule has 0 atom stereocenters. The topological polar surface area (TPSA) is 55.2 Å². The molecule has 16 heavy (non-hydrogen) atoms. The lowest BCUT2D eigenvalue weighted by Crippen LogP contribution is -2.33. The van der Waals surface area contributed by atoms with Crippen molar-refractivity contribution < 1.29 is 8.42 Å². The third-order valence-electron chi connectivity index (χ3n) is 2.09. The van der Waals surface area contributed by atoms with Crippen LogP contribution >= 0.6 is 11.6 Å². The van der Waals surface area contributed by atoms with Gasteiger partial charge in [0.2, 0.25) is 0 Å². The summed E-state index contributed by atoms with van der Waals surface area (Å²) in [5, 5.41) is 0.0774. The second-order valence-corrected chi connectivity index (χ2v) is 5.73. The standard InChI is InChI=1S/C9H16ClN3O2S/c1-3-5-13(6-4-10)16(14,15)9-7-12(2)8-11-9/h7-8H,3-6H2,1-2H3. The summed E-state index contributed by atoms with van der Waals surface area (Å²) in [4.78, 5) is 3.86. The molecule has 0 fully saturated rings. The van der Waals surface area contributed by atoms with E-state index in [-0.39, 0.29) is 10.9 Å². The Labute approximate surface area is 101 Å². The van der Waals surface area contributed by atoms with Gasteiger partial charge in [-0.25, -0.2) is 13.4 Å². The maximum Gasteiger partial charge on any atom is 0.262 e. The fourth-order valence-electron chi connectivity index (χ4n) is 1.35. The van der Waals surface area contributed by atoms with Gasteiger partial charge >= 0.3 is 0 Å². The van der Waals surface area contributed by atoms with Crippen molar-refractivity contribution >= 4 is 21.6 Å². The Morgan fingerprint density at radius 1 is 1.50 bits per heavy atom. The van der Waals surface area contributed by atoms with Gasteiger partial charge in [0.15, 0.2) is 5.03 Å². The average Bonchev–Trinajstić information content (AvgIpc) is 2.65. The van der Waals surface area contributed by atoms with E-state index in [1.54, 1.807) is 11.6 Å². The Balaban J connectivity index is 2.97. The zero-order valence-corrected chi connectivity index (χ0v) is 11.0. The van der Waals surface area contributed by atoms with E-state index in [0.717, 1.165) is 6.42 Å². The first-order valence-electron chi connectivity index (χ1n) is 5.06. The molecule has 0 amide bonds. The first-order valence-corrected chi connectivity index (χ1v) is 7.04. The van der Waals surface area contributed by atoms with Crippen LogP contribution < -0.4 is 0 Å². The molecule has 7 heteroatoms. The van der Waals surface area contributed by atoms with Crippen molar-refractivity contribution in [2.45, 2.75) is 18.4 Å². The summed E-state index contributed by atoms with van der Waals surface area (Å²) >= 11 is 5.60. The Morgan fingerprint density at radius 3 is 2.62 bits per heavy atom. The summed E-state index contributed by atoms with van der Waals surface area (Å²) < 4.78 is 27.2. The van der Waals surface area contributed by atoms with E-state index in [1.165, 1.54) is 16.8 Å². The minimum Gasteiger partial charge on any atom is -0.339 e. The molecule has 0 bridgehead atoms. The van der Waals surface area contributed by atoms with Gasteiger partial charge in [-0.2, -0.15) is 4.31 Å². The molecule has 0 radical (unpaired) electrons. The van der Waals surface area contributed by atoms with Gasteiger partial charge in [-0.3, -0.25) is 0 Å². The van der Waals surface area contributed by atoms with Gasteiger partial charge in [0.05, 0.1) is 6.33 Å². The van der Waals surface area contributed by atoms with E-state index in [4.69, 9.17) is 11.6 Å². The number of hydrogen-bond donors (Lipinski definition) is 0. The number of aryl methyl sites for hydroxylation is 1. The monoisotopic (exact) mass is 265 g/mol. The van der Waals surface area contributed by atoms with E-state index in [9.17, 15) is 8.42 Å². The van der Waals surface area contributed by atoms with Crippen LogP contribution in [-0.2, 0) is 17.1 Å². The maximum atomic E-state index is 12.1. The van der Waals surface area contributed by atoms with Gasteiger partial charge in [-0.1, -0.05) is 6.92 Å². The van der Waals surface area contributed by atoms with Crippen molar-refractivity contribution in [3.63, 3.8) is 0 Å². The van der Waals surface area contributed by atoms with Gasteiger partial charge < -0.3 is 4.57 Å². The lowest BCUT2D eigenvalue weighted by atomic mass is 10.5. The summed E-state index contributed by atoms with van der Waals surface area (Å²) in [5.74, 6) is 0.284. The SMILES string of the molecule is CCCN(CCCl)S(=O)(=O)c1cn(C)cn1. The molecule has 0 aliphatic carbocycles. The molecular weight excluding hydrogens is 250 g/mol. The van der Waals surface area contributed by atoms with Crippen molar-refractivity contribution in [3.8, 4) is 0 Å². The molecule has 1 aromatic heterocycles. The van der Waals surface area contributed by atoms with Gasteiger partial charge in [-0.15, -0.1) is 11.6 Å². The Bertz CT molecular complexity index is 424. The Kier molecular flexibility index (Phi) is 4.76. The lowest BCUT2D eigenvalue weighted by Gasteiger charge is -2.18. The summed E-state index contributed by atoms with van der Waals surface area (Å²) in [5.41, 5.74) is 0. The molecular formula is C9H16ClN3O2S. The summed E-state index contributed by atoms with van der Waals surface area (Å²) in [6.45, 7) is 2.70. The van der Waals surface area contributed by atoms with Crippen molar-refractivity contribution in [1.82, 2.24) is 13.9 Å². The molecule has 1 aromatic rings. The van der Waals surface area contributed by atoms with Crippen LogP contribution in [0.4, 0.5) is 0 Å². The van der Waals surface area contributed by atoms with E-state index in [1.807, 2.05) is 6.92 Å². The van der Waals surface area contributed by atoms with Crippen molar-refractivity contribution in [2.24, 2.45) is 7.05 Å². The molecule has 0 spiro atoms. The lowest BCUT2D eigenvalue weighted by molar-refractivity contribution is 0.427. The van der Waals surface area contributed by atoms with Gasteiger partial charge in [0, 0.05) is 32.2 Å². The van der Waals surface area contributed by atoms with Gasteiger partial charge in [0.25, 0.3) is 10.0 Å². The number of halogens is 1. The predicted molar refractivity (Wildman–Crippen MR) is 63.0 cm³/mol. The average molecular weight is 266 g/mol. The van der Waals surface area contributed by atoms with Crippen molar-refractivity contribution in [3.05, 3.63) is 12.5 Å². The first-order chi connectivity index (χ1) is 7.52. The largest absolute Gasteiger partial charge is 0.339 e. The molecule has 0 N–H and O–H groups in total. The second kappa shape index (κ2) is 5.65. The Hall–Kier alpha value is -0.590. The summed E-state index contributed by atoms with van der Waals surface area (Å²) in [6.07, 6.45) is 3.72. The maximum absolute atomic E-state index is 12.1. The molecule has 0 aliphatic heterocycles. The van der Waals surface area contributed by atoms with Crippen LogP contribution in [0.25, 0.3) is 0 Å². The zero-order chi connectivity index (χ0) is 12.2. The summed E-state index contributed by atoms with van der Waals surface area (Å²) in [6, 6.07) is 0. The van der Waals surface area contributed by atoms with Crippen molar-refractivity contribution in [1.29, 1.82) is 0 Å². The number of rotatable bonds is 6. The van der Waals surface area contributed by atoms with E-state index in [0.29, 0.717) is 13.1 Å². The predicted octanol–water partition coefficient (Wildman–Crippen LogP) is 1.06. The van der Waals surface area contributed by atoms with Crippen LogP contribution in [0.15, 0.2) is 17.6 Å². The first kappa shape index (κ1) is 13.5. The number of hydrogen-bond acceptors (Lipinski definition) is 3. The number of aromatic nitrogens is 2. The van der Waals surface area contributed by atoms with Crippen LogP contribution in [0, 0.1) is 0 Å². The fourth-order valence-corrected chi connectivity index (χ4v) is 3.15. The number of alkyl halides is 1. The fraction of sp³-hybridized carbons (Fsp3) is 0.667. The molecule has 1 heterocycles. The van der Waals surface area contributed by atoms with E-state index in [2.05, 4.69) is 4.98 Å². The van der Waals surface area contributed by atoms with Crippen LogP contribution in [0.2, 0.25) is 0 Å². The third-order valence-corrected chi connectivity index (χ3v) is 4.05. The van der Waals surface area contributed by atoms with E-state index >= 15 is 0 Å². The molecule has 92 valence electrons. The second-order valence-electron chi connectivity index (χ2n) is 3.47. The van der Waals surface area contributed by atoms with Gasteiger partial charge in [-0.05, 0) is 6.42 Å². The molecule has 0 aliphatic rings. The molecule has 0 aromatic carbocycles. The highest BCUT2D eigenvalue weighted by atomic mass is 35.5. The highest BCUT2D eigenvalue weighted by Gasteiger charge is 2.25. The van der Waals surface area contributed by atoms with Gasteiger partial charge in [0.1, 0.15) is 0 Å². The summed E-state index contributed by atoms with van der Waals surface area (Å²) in [7, 11) is -1.75. The molecule has 1 rings (SSSR count). The minimum atomic E-state index is -3.49. The highest BCUT2D eigenvalue weighted by Crippen LogP contribution is 2.13. The van der Waals surface area contributed by atoms with Crippen LogP contribution in [-0.4, -0.2) is 41.2 Å². The number of sulfonamides is 1. The zero-order valence-electron chi connectivity index (χ0n) is 9.43. The minimum absolute atomic E-state index is 0.0774. The molecule has 0 unspecified atom stereocenters. The quantitative estimate of drug-likeness (QED) is 0.723. The molecule has 5 nitrogen and oxygen atoms in total. The van der Waals surface area contributed by atoms with Crippen LogP contribution in [0.3, 0.4) is 0 Å². The Morgan fingerprint density at radius 2 is 2.19 bits per heavy atom. The third kappa shape index (κ3) is 2.96. The van der Waals surface area contributed by atoms with E-state index < -0.39 is 10.0 Å². The number of imidazole rings is 1. The number of nitrogens with zero attached hydrogens (tertiary/aromatic N) is 3. The van der Waals surface area contributed by atoms with Crippen LogP contribution in [0.1, 0.15) is 13.3 Å². The molecule has 0 saturated heterocycles. The normalized spacial score (nSPS) is 12.2. The highest BCUT2D eigenvalue weighted by molar-refractivity contribution is 7.89.